The van der Waals surface area contributed by atoms with Gasteiger partial charge in [0.05, 0.1) is 17.9 Å². The normalized spacial score (nSPS) is 21.5. The number of nitrogens with one attached hydrogen (secondary N) is 1. The van der Waals surface area contributed by atoms with E-state index in [1.165, 1.54) is 44.7 Å². The Morgan fingerprint density at radius 3 is 2.87 bits per heavy atom. The lowest BCUT2D eigenvalue weighted by Gasteiger charge is -2.33. The second-order valence-electron chi connectivity index (χ2n) is 6.86. The van der Waals surface area contributed by atoms with Crippen LogP contribution in [0.3, 0.4) is 0 Å². The lowest BCUT2D eigenvalue weighted by molar-refractivity contribution is -0.128. The summed E-state index contributed by atoms with van der Waals surface area (Å²) in [4.78, 5) is 14.1. The Morgan fingerprint density at radius 1 is 1.35 bits per heavy atom. The van der Waals surface area contributed by atoms with E-state index in [4.69, 9.17) is 0 Å². The number of fused-ring (bicyclic) bond motifs is 1. The van der Waals surface area contributed by atoms with Crippen LogP contribution < -0.4 is 5.32 Å². The van der Waals surface area contributed by atoms with E-state index in [2.05, 4.69) is 26.1 Å². The SMILES string of the molecule is CC(O)C(=O)NCc1cc2n(n1)CCCN(C1CCCCC1)C2. The Morgan fingerprint density at radius 2 is 2.13 bits per heavy atom. The molecule has 0 aromatic carbocycles. The van der Waals surface area contributed by atoms with Crippen molar-refractivity contribution >= 4 is 5.91 Å². The molecule has 0 radical (unpaired) electrons. The quantitative estimate of drug-likeness (QED) is 0.880. The first-order valence-electron chi connectivity index (χ1n) is 8.89. The van der Waals surface area contributed by atoms with Gasteiger partial charge in [-0.05, 0) is 32.3 Å². The van der Waals surface area contributed by atoms with Gasteiger partial charge >= 0.3 is 0 Å². The van der Waals surface area contributed by atoms with E-state index in [9.17, 15) is 9.90 Å². The Labute approximate surface area is 137 Å². The van der Waals surface area contributed by atoms with Gasteiger partial charge in [0.2, 0.25) is 5.91 Å². The fraction of sp³-hybridized carbons (Fsp3) is 0.765. The molecule has 1 saturated carbocycles. The van der Waals surface area contributed by atoms with E-state index in [-0.39, 0.29) is 5.91 Å². The van der Waals surface area contributed by atoms with Gasteiger partial charge in [-0.15, -0.1) is 0 Å². The van der Waals surface area contributed by atoms with Crippen molar-refractivity contribution in [1.82, 2.24) is 20.0 Å². The minimum atomic E-state index is -0.975. The van der Waals surface area contributed by atoms with Crippen molar-refractivity contribution in [2.45, 2.75) is 77.2 Å². The molecule has 1 fully saturated rings. The molecule has 6 heteroatoms. The number of aliphatic hydroxyl groups is 1. The second kappa shape index (κ2) is 7.45. The molecule has 1 aromatic rings. The first-order valence-corrected chi connectivity index (χ1v) is 8.89. The van der Waals surface area contributed by atoms with Crippen LogP contribution in [0.2, 0.25) is 0 Å². The molecule has 1 aromatic heterocycles. The van der Waals surface area contributed by atoms with E-state index < -0.39 is 6.10 Å². The highest BCUT2D eigenvalue weighted by molar-refractivity contribution is 5.79. The van der Waals surface area contributed by atoms with Crippen molar-refractivity contribution in [3.8, 4) is 0 Å². The zero-order chi connectivity index (χ0) is 16.2. The maximum atomic E-state index is 11.5. The monoisotopic (exact) mass is 320 g/mol. The van der Waals surface area contributed by atoms with Crippen LogP contribution in [-0.2, 0) is 24.4 Å². The molecule has 1 atom stereocenters. The van der Waals surface area contributed by atoms with Gasteiger partial charge in [-0.3, -0.25) is 14.4 Å². The van der Waals surface area contributed by atoms with Gasteiger partial charge in [-0.1, -0.05) is 19.3 Å². The number of amides is 1. The van der Waals surface area contributed by atoms with Gasteiger partial charge in [0.25, 0.3) is 0 Å². The summed E-state index contributed by atoms with van der Waals surface area (Å²) in [5.41, 5.74) is 2.12. The summed E-state index contributed by atoms with van der Waals surface area (Å²) in [5.74, 6) is -0.350. The molecule has 0 saturated heterocycles. The van der Waals surface area contributed by atoms with Crippen LogP contribution in [0.5, 0.6) is 0 Å². The molecule has 23 heavy (non-hydrogen) atoms. The van der Waals surface area contributed by atoms with Gasteiger partial charge in [-0.25, -0.2) is 0 Å². The molecule has 6 nitrogen and oxygen atoms in total. The number of nitrogens with zero attached hydrogens (tertiary/aromatic N) is 3. The molecule has 1 amide bonds. The van der Waals surface area contributed by atoms with Crippen molar-refractivity contribution in [2.24, 2.45) is 0 Å². The minimum Gasteiger partial charge on any atom is -0.384 e. The highest BCUT2D eigenvalue weighted by Gasteiger charge is 2.24. The smallest absolute Gasteiger partial charge is 0.248 e. The van der Waals surface area contributed by atoms with Crippen molar-refractivity contribution < 1.29 is 9.90 Å². The zero-order valence-corrected chi connectivity index (χ0v) is 14.0. The van der Waals surface area contributed by atoms with E-state index in [1.54, 1.807) is 0 Å². The highest BCUT2D eigenvalue weighted by atomic mass is 16.3. The fourth-order valence-electron chi connectivity index (χ4n) is 3.72. The van der Waals surface area contributed by atoms with Crippen LogP contribution in [0.25, 0.3) is 0 Å². The van der Waals surface area contributed by atoms with Crippen molar-refractivity contribution in [2.75, 3.05) is 6.54 Å². The first-order chi connectivity index (χ1) is 11.1. The molecular weight excluding hydrogens is 292 g/mol. The largest absolute Gasteiger partial charge is 0.384 e. The number of carbonyl (C=O) groups is 1. The summed E-state index contributed by atoms with van der Waals surface area (Å²) < 4.78 is 2.09. The number of aliphatic hydroxyl groups excluding tert-OH is 1. The summed E-state index contributed by atoms with van der Waals surface area (Å²) >= 11 is 0. The summed E-state index contributed by atoms with van der Waals surface area (Å²) in [5, 5.41) is 16.6. The van der Waals surface area contributed by atoms with E-state index >= 15 is 0 Å². The maximum absolute atomic E-state index is 11.5. The first kappa shape index (κ1) is 16.5. The Hall–Kier alpha value is -1.40. The number of hydrogen-bond acceptors (Lipinski definition) is 4. The predicted molar refractivity (Wildman–Crippen MR) is 87.7 cm³/mol. The molecule has 2 aliphatic rings. The van der Waals surface area contributed by atoms with Crippen molar-refractivity contribution in [3.63, 3.8) is 0 Å². The molecule has 0 bridgehead atoms. The molecular formula is C17H28N4O2. The average Bonchev–Trinajstić information content (AvgIpc) is 2.83. The van der Waals surface area contributed by atoms with Gasteiger partial charge in [0.1, 0.15) is 6.10 Å². The molecule has 128 valence electrons. The van der Waals surface area contributed by atoms with Crippen LogP contribution in [0.1, 0.15) is 56.8 Å². The van der Waals surface area contributed by atoms with Gasteiger partial charge in [-0.2, -0.15) is 5.10 Å². The van der Waals surface area contributed by atoms with Crippen LogP contribution in [-0.4, -0.2) is 44.4 Å². The van der Waals surface area contributed by atoms with E-state index in [1.807, 2.05) is 0 Å². The lowest BCUT2D eigenvalue weighted by Crippen LogP contribution is -2.36. The third kappa shape index (κ3) is 4.12. The van der Waals surface area contributed by atoms with E-state index in [0.29, 0.717) is 6.54 Å². The summed E-state index contributed by atoms with van der Waals surface area (Å²) in [6, 6.07) is 2.83. The minimum absolute atomic E-state index is 0.350. The number of carbonyl (C=O) groups excluding carboxylic acids is 1. The molecule has 1 aliphatic carbocycles. The van der Waals surface area contributed by atoms with Gasteiger partial charge < -0.3 is 10.4 Å². The van der Waals surface area contributed by atoms with E-state index in [0.717, 1.165) is 37.8 Å². The average molecular weight is 320 g/mol. The Bertz CT molecular complexity index is 535. The number of aromatic nitrogens is 2. The molecule has 2 heterocycles. The van der Waals surface area contributed by atoms with Crippen LogP contribution >= 0.6 is 0 Å². The molecule has 1 unspecified atom stereocenters. The van der Waals surface area contributed by atoms with Crippen LogP contribution in [0.4, 0.5) is 0 Å². The van der Waals surface area contributed by atoms with Gasteiger partial charge in [0, 0.05) is 25.7 Å². The Balaban J connectivity index is 1.63. The van der Waals surface area contributed by atoms with Crippen LogP contribution in [0, 0.1) is 0 Å². The number of rotatable bonds is 4. The standard InChI is InChI=1S/C17H28N4O2/c1-13(22)17(23)18-11-14-10-16-12-20(8-5-9-21(16)19-14)15-6-3-2-4-7-15/h10,13,15,22H,2-9,11-12H2,1H3,(H,18,23). The molecule has 0 spiro atoms. The van der Waals surface area contributed by atoms with Crippen molar-refractivity contribution in [3.05, 3.63) is 17.5 Å². The highest BCUT2D eigenvalue weighted by Crippen LogP contribution is 2.25. The summed E-state index contributed by atoms with van der Waals surface area (Å²) in [6.07, 6.45) is 6.91. The third-order valence-electron chi connectivity index (χ3n) is 5.01. The topological polar surface area (TPSA) is 70.4 Å². The predicted octanol–water partition coefficient (Wildman–Crippen LogP) is 1.42. The maximum Gasteiger partial charge on any atom is 0.248 e. The van der Waals surface area contributed by atoms with Crippen LogP contribution in [0.15, 0.2) is 6.07 Å². The summed E-state index contributed by atoms with van der Waals surface area (Å²) in [7, 11) is 0. The number of hydrogen-bond donors (Lipinski definition) is 2. The third-order valence-corrected chi connectivity index (χ3v) is 5.01. The summed E-state index contributed by atoms with van der Waals surface area (Å²) in [6.45, 7) is 4.92. The second-order valence-corrected chi connectivity index (χ2v) is 6.86. The molecule has 1 aliphatic heterocycles. The Kier molecular flexibility index (Phi) is 5.33. The molecule has 2 N–H and O–H groups in total. The zero-order valence-electron chi connectivity index (χ0n) is 14.0. The van der Waals surface area contributed by atoms with Crippen molar-refractivity contribution in [1.29, 1.82) is 0 Å². The fourth-order valence-corrected chi connectivity index (χ4v) is 3.72. The van der Waals surface area contributed by atoms with Gasteiger partial charge in [0.15, 0.2) is 0 Å². The molecule has 3 rings (SSSR count). The number of aryl methyl sites for hydroxylation is 1. The lowest BCUT2D eigenvalue weighted by atomic mass is 9.94.